The number of rotatable bonds is 4. The van der Waals surface area contributed by atoms with Crippen LogP contribution < -0.4 is 16.2 Å². The largest absolute Gasteiger partial charge is 0.497 e. The van der Waals surface area contributed by atoms with Crippen molar-refractivity contribution >= 4 is 0 Å². The van der Waals surface area contributed by atoms with E-state index in [0.29, 0.717) is 0 Å². The fourth-order valence-corrected chi connectivity index (χ4v) is 1.13. The van der Waals surface area contributed by atoms with Crippen molar-refractivity contribution in [1.29, 1.82) is 0 Å². The van der Waals surface area contributed by atoms with Crippen LogP contribution in [0.5, 0.6) is 5.75 Å². The zero-order valence-corrected chi connectivity index (χ0v) is 7.86. The van der Waals surface area contributed by atoms with E-state index < -0.39 is 0 Å². The van der Waals surface area contributed by atoms with Crippen molar-refractivity contribution in [3.63, 3.8) is 0 Å². The van der Waals surface area contributed by atoms with Crippen molar-refractivity contribution in [3.8, 4) is 5.75 Å². The molecule has 3 nitrogen and oxygen atoms in total. The highest BCUT2D eigenvalue weighted by atomic mass is 16.5. The van der Waals surface area contributed by atoms with E-state index in [1.807, 2.05) is 24.3 Å². The molecule has 0 saturated carbocycles. The fraction of sp³-hybridized carbons (Fsp3) is 0.400. The molecular weight excluding hydrogens is 164 g/mol. The molecule has 0 atom stereocenters. The SMILES string of the molecule is COc1ccc(CCC(N)N)cc1. The monoisotopic (exact) mass is 180 g/mol. The third-order valence-electron chi connectivity index (χ3n) is 1.93. The van der Waals surface area contributed by atoms with Gasteiger partial charge in [-0.15, -0.1) is 0 Å². The third-order valence-corrected chi connectivity index (χ3v) is 1.93. The highest BCUT2D eigenvalue weighted by Gasteiger charge is 1.97. The first-order chi connectivity index (χ1) is 6.22. The van der Waals surface area contributed by atoms with Gasteiger partial charge in [0.2, 0.25) is 0 Å². The molecule has 1 rings (SSSR count). The summed E-state index contributed by atoms with van der Waals surface area (Å²) in [5, 5.41) is 0. The minimum atomic E-state index is -0.220. The van der Waals surface area contributed by atoms with Crippen LogP contribution in [0.2, 0.25) is 0 Å². The lowest BCUT2D eigenvalue weighted by molar-refractivity contribution is 0.414. The summed E-state index contributed by atoms with van der Waals surface area (Å²) < 4.78 is 5.05. The zero-order chi connectivity index (χ0) is 9.68. The number of hydrogen-bond donors (Lipinski definition) is 2. The van der Waals surface area contributed by atoms with Crippen molar-refractivity contribution in [3.05, 3.63) is 29.8 Å². The Morgan fingerprint density at radius 1 is 1.23 bits per heavy atom. The Morgan fingerprint density at radius 3 is 2.31 bits per heavy atom. The van der Waals surface area contributed by atoms with Crippen molar-refractivity contribution < 1.29 is 4.74 Å². The maximum Gasteiger partial charge on any atom is 0.118 e. The normalized spacial score (nSPS) is 10.5. The van der Waals surface area contributed by atoms with Crippen LogP contribution in [-0.4, -0.2) is 13.3 Å². The number of ether oxygens (including phenoxy) is 1. The maximum absolute atomic E-state index is 5.45. The Morgan fingerprint density at radius 2 is 1.85 bits per heavy atom. The molecule has 0 unspecified atom stereocenters. The Kier molecular flexibility index (Phi) is 3.73. The second-order valence-electron chi connectivity index (χ2n) is 3.05. The van der Waals surface area contributed by atoms with E-state index in [4.69, 9.17) is 16.2 Å². The van der Waals surface area contributed by atoms with Gasteiger partial charge in [-0.1, -0.05) is 12.1 Å². The van der Waals surface area contributed by atoms with Crippen LogP contribution in [0.1, 0.15) is 12.0 Å². The summed E-state index contributed by atoms with van der Waals surface area (Å²) in [7, 11) is 1.66. The quantitative estimate of drug-likeness (QED) is 0.676. The maximum atomic E-state index is 5.45. The summed E-state index contributed by atoms with van der Waals surface area (Å²) in [4.78, 5) is 0. The summed E-state index contributed by atoms with van der Waals surface area (Å²) in [6.07, 6.45) is 1.51. The van der Waals surface area contributed by atoms with Crippen LogP contribution in [0.15, 0.2) is 24.3 Å². The predicted molar refractivity (Wildman–Crippen MR) is 53.5 cm³/mol. The second kappa shape index (κ2) is 4.84. The molecule has 1 aromatic rings. The van der Waals surface area contributed by atoms with E-state index in [2.05, 4.69) is 0 Å². The molecule has 0 aromatic heterocycles. The van der Waals surface area contributed by atoms with Gasteiger partial charge in [0.05, 0.1) is 13.3 Å². The van der Waals surface area contributed by atoms with Gasteiger partial charge >= 0.3 is 0 Å². The Balaban J connectivity index is 2.49. The molecule has 0 aliphatic rings. The lowest BCUT2D eigenvalue weighted by Gasteiger charge is -2.05. The molecule has 0 amide bonds. The van der Waals surface area contributed by atoms with E-state index in [9.17, 15) is 0 Å². The summed E-state index contributed by atoms with van der Waals surface area (Å²) in [5.74, 6) is 0.876. The first kappa shape index (κ1) is 10.0. The van der Waals surface area contributed by atoms with Gasteiger partial charge in [0.25, 0.3) is 0 Å². The van der Waals surface area contributed by atoms with Gasteiger partial charge in [0.1, 0.15) is 5.75 Å². The van der Waals surface area contributed by atoms with Gasteiger partial charge in [0, 0.05) is 0 Å². The molecule has 0 bridgehead atoms. The summed E-state index contributed by atoms with van der Waals surface area (Å²) in [5.41, 5.74) is 12.1. The number of nitrogens with two attached hydrogens (primary N) is 2. The van der Waals surface area contributed by atoms with E-state index in [1.165, 1.54) is 5.56 Å². The summed E-state index contributed by atoms with van der Waals surface area (Å²) in [6.45, 7) is 0. The van der Waals surface area contributed by atoms with E-state index in [1.54, 1.807) is 7.11 Å². The van der Waals surface area contributed by atoms with Gasteiger partial charge in [-0.2, -0.15) is 0 Å². The summed E-state index contributed by atoms with van der Waals surface area (Å²) >= 11 is 0. The first-order valence-corrected chi connectivity index (χ1v) is 4.36. The lowest BCUT2D eigenvalue weighted by Crippen LogP contribution is -2.30. The smallest absolute Gasteiger partial charge is 0.118 e. The summed E-state index contributed by atoms with van der Waals surface area (Å²) in [6, 6.07) is 7.94. The van der Waals surface area contributed by atoms with Crippen LogP contribution >= 0.6 is 0 Å². The Labute approximate surface area is 78.7 Å². The molecule has 3 heteroatoms. The van der Waals surface area contributed by atoms with Crippen molar-refractivity contribution in [2.75, 3.05) is 7.11 Å². The fourth-order valence-electron chi connectivity index (χ4n) is 1.13. The molecule has 0 aliphatic carbocycles. The molecule has 0 spiro atoms. The molecule has 0 radical (unpaired) electrons. The van der Waals surface area contributed by atoms with Crippen LogP contribution in [0.4, 0.5) is 0 Å². The van der Waals surface area contributed by atoms with Gasteiger partial charge < -0.3 is 16.2 Å². The van der Waals surface area contributed by atoms with Gasteiger partial charge in [0.15, 0.2) is 0 Å². The third kappa shape index (κ3) is 3.44. The molecule has 0 aliphatic heterocycles. The van der Waals surface area contributed by atoms with E-state index in [-0.39, 0.29) is 6.17 Å². The zero-order valence-electron chi connectivity index (χ0n) is 7.86. The Bertz CT molecular complexity index is 244. The minimum Gasteiger partial charge on any atom is -0.497 e. The molecule has 13 heavy (non-hydrogen) atoms. The topological polar surface area (TPSA) is 61.3 Å². The highest BCUT2D eigenvalue weighted by Crippen LogP contribution is 2.12. The molecule has 72 valence electrons. The Hall–Kier alpha value is -1.06. The molecule has 0 saturated heterocycles. The first-order valence-electron chi connectivity index (χ1n) is 4.36. The van der Waals surface area contributed by atoms with Crippen LogP contribution in [0, 0.1) is 0 Å². The molecule has 0 fully saturated rings. The lowest BCUT2D eigenvalue weighted by atomic mass is 10.1. The predicted octanol–water partition coefficient (Wildman–Crippen LogP) is 0.871. The number of benzene rings is 1. The van der Waals surface area contributed by atoms with Crippen LogP contribution in [0.3, 0.4) is 0 Å². The molecule has 0 heterocycles. The van der Waals surface area contributed by atoms with E-state index in [0.717, 1.165) is 18.6 Å². The molecule has 1 aromatic carbocycles. The minimum absolute atomic E-state index is 0.220. The van der Waals surface area contributed by atoms with Crippen molar-refractivity contribution in [2.24, 2.45) is 11.5 Å². The van der Waals surface area contributed by atoms with Crippen LogP contribution in [0.25, 0.3) is 0 Å². The average Bonchev–Trinajstić information content (AvgIpc) is 2.15. The van der Waals surface area contributed by atoms with Crippen molar-refractivity contribution in [1.82, 2.24) is 0 Å². The number of aryl methyl sites for hydroxylation is 1. The average molecular weight is 180 g/mol. The molecular formula is C10H16N2O. The second-order valence-corrected chi connectivity index (χ2v) is 3.05. The van der Waals surface area contributed by atoms with E-state index >= 15 is 0 Å². The van der Waals surface area contributed by atoms with Gasteiger partial charge in [-0.25, -0.2) is 0 Å². The number of methoxy groups -OCH3 is 1. The standard InChI is InChI=1S/C10H16N2O/c1-13-9-5-2-8(3-6-9)4-7-10(11)12/h2-3,5-6,10H,4,7,11-12H2,1H3. The molecule has 4 N–H and O–H groups in total. The van der Waals surface area contributed by atoms with Gasteiger partial charge in [-0.05, 0) is 30.5 Å². The number of hydrogen-bond acceptors (Lipinski definition) is 3. The van der Waals surface area contributed by atoms with Crippen molar-refractivity contribution in [2.45, 2.75) is 19.0 Å². The van der Waals surface area contributed by atoms with Crippen LogP contribution in [-0.2, 0) is 6.42 Å². The highest BCUT2D eigenvalue weighted by molar-refractivity contribution is 5.27. The van der Waals surface area contributed by atoms with Gasteiger partial charge in [-0.3, -0.25) is 0 Å².